The highest BCUT2D eigenvalue weighted by Gasteiger charge is 2.38. The molecule has 0 saturated heterocycles. The van der Waals surface area contributed by atoms with Crippen LogP contribution in [0.15, 0.2) is 24.4 Å². The Morgan fingerprint density at radius 1 is 1.29 bits per heavy atom. The van der Waals surface area contributed by atoms with Crippen molar-refractivity contribution in [3.05, 3.63) is 30.1 Å². The standard InChI is InChI=1S/C19H29N3O2/c23-13-15(11-18-3-1-2-7-20-18)12-22-19(24)21-8-6-17-10-14-4-5-16(17)9-14/h1-3,7,14-17,23H,4-6,8-13H2,(H2,21,22,24). The predicted octanol–water partition coefficient (Wildman–Crippen LogP) is 2.36. The van der Waals surface area contributed by atoms with Crippen molar-refractivity contribution in [2.75, 3.05) is 19.7 Å². The van der Waals surface area contributed by atoms with E-state index in [2.05, 4.69) is 15.6 Å². The van der Waals surface area contributed by atoms with Crippen molar-refractivity contribution in [3.8, 4) is 0 Å². The van der Waals surface area contributed by atoms with Gasteiger partial charge in [-0.2, -0.15) is 0 Å². The molecule has 1 heterocycles. The summed E-state index contributed by atoms with van der Waals surface area (Å²) >= 11 is 0. The molecular formula is C19H29N3O2. The average molecular weight is 331 g/mol. The molecule has 1 aromatic heterocycles. The Morgan fingerprint density at radius 3 is 2.88 bits per heavy atom. The number of nitrogens with one attached hydrogen (secondary N) is 2. The summed E-state index contributed by atoms with van der Waals surface area (Å²) in [6, 6.07) is 5.63. The third-order valence-electron chi connectivity index (χ3n) is 5.72. The van der Waals surface area contributed by atoms with Gasteiger partial charge in [0.2, 0.25) is 0 Å². The summed E-state index contributed by atoms with van der Waals surface area (Å²) in [4.78, 5) is 16.2. The second-order valence-corrected chi connectivity index (χ2v) is 7.43. The van der Waals surface area contributed by atoms with Crippen LogP contribution >= 0.6 is 0 Å². The van der Waals surface area contributed by atoms with Gasteiger partial charge in [-0.05, 0) is 62.0 Å². The molecule has 1 aromatic rings. The number of aromatic nitrogens is 1. The normalized spacial score (nSPS) is 26.3. The first-order chi connectivity index (χ1) is 11.7. The van der Waals surface area contributed by atoms with Gasteiger partial charge in [0, 0.05) is 37.5 Å². The topological polar surface area (TPSA) is 74.2 Å². The minimum Gasteiger partial charge on any atom is -0.396 e. The summed E-state index contributed by atoms with van der Waals surface area (Å²) in [6.07, 6.45) is 9.13. The quantitative estimate of drug-likeness (QED) is 0.684. The van der Waals surface area contributed by atoms with Gasteiger partial charge >= 0.3 is 6.03 Å². The maximum absolute atomic E-state index is 11.9. The number of hydrogen-bond acceptors (Lipinski definition) is 3. The zero-order chi connectivity index (χ0) is 16.8. The Labute approximate surface area is 144 Å². The number of fused-ring (bicyclic) bond motifs is 2. The summed E-state index contributed by atoms with van der Waals surface area (Å²) in [5.41, 5.74) is 0.940. The van der Waals surface area contributed by atoms with Gasteiger partial charge in [-0.25, -0.2) is 4.79 Å². The lowest BCUT2D eigenvalue weighted by molar-refractivity contribution is 0.212. The van der Waals surface area contributed by atoms with E-state index in [1.54, 1.807) is 6.20 Å². The molecule has 5 heteroatoms. The first-order valence-electron chi connectivity index (χ1n) is 9.27. The lowest BCUT2D eigenvalue weighted by Gasteiger charge is -2.21. The number of carbonyl (C=O) groups excluding carboxylic acids is 1. The number of urea groups is 1. The van der Waals surface area contributed by atoms with Gasteiger partial charge in [0.15, 0.2) is 0 Å². The van der Waals surface area contributed by atoms with Gasteiger partial charge in [-0.15, -0.1) is 0 Å². The zero-order valence-corrected chi connectivity index (χ0v) is 14.3. The molecule has 0 radical (unpaired) electrons. The Morgan fingerprint density at radius 2 is 2.21 bits per heavy atom. The molecule has 3 rings (SSSR count). The molecule has 2 aliphatic rings. The highest BCUT2D eigenvalue weighted by molar-refractivity contribution is 5.73. The van der Waals surface area contributed by atoms with E-state index in [1.807, 2.05) is 18.2 Å². The van der Waals surface area contributed by atoms with Crippen LogP contribution in [0.3, 0.4) is 0 Å². The van der Waals surface area contributed by atoms with Gasteiger partial charge in [0.25, 0.3) is 0 Å². The summed E-state index contributed by atoms with van der Waals surface area (Å²) < 4.78 is 0. The van der Waals surface area contributed by atoms with E-state index >= 15 is 0 Å². The van der Waals surface area contributed by atoms with E-state index < -0.39 is 0 Å². The number of nitrogens with zero attached hydrogens (tertiary/aromatic N) is 1. The largest absolute Gasteiger partial charge is 0.396 e. The van der Waals surface area contributed by atoms with Crippen molar-refractivity contribution in [2.24, 2.45) is 23.7 Å². The number of amides is 2. The minimum atomic E-state index is -0.127. The maximum atomic E-state index is 11.9. The molecule has 24 heavy (non-hydrogen) atoms. The van der Waals surface area contributed by atoms with Gasteiger partial charge in [-0.3, -0.25) is 4.98 Å². The third-order valence-corrected chi connectivity index (χ3v) is 5.72. The highest BCUT2D eigenvalue weighted by atomic mass is 16.3. The summed E-state index contributed by atoms with van der Waals surface area (Å²) in [5, 5.41) is 15.3. The molecule has 2 amide bonds. The van der Waals surface area contributed by atoms with Crippen LogP contribution in [0, 0.1) is 23.7 Å². The molecule has 2 saturated carbocycles. The fraction of sp³-hybridized carbons (Fsp3) is 0.684. The molecule has 4 unspecified atom stereocenters. The van der Waals surface area contributed by atoms with Gasteiger partial charge in [0.1, 0.15) is 0 Å². The third kappa shape index (κ3) is 4.69. The van der Waals surface area contributed by atoms with Crippen LogP contribution in [0.1, 0.15) is 37.8 Å². The SMILES string of the molecule is O=C(NCCC1CC2CCC1C2)NCC(CO)Cc1ccccn1. The molecule has 2 fully saturated rings. The Kier molecular flexibility index (Phi) is 6.07. The second kappa shape index (κ2) is 8.47. The predicted molar refractivity (Wildman–Crippen MR) is 93.5 cm³/mol. The Bertz CT molecular complexity index is 523. The second-order valence-electron chi connectivity index (χ2n) is 7.43. The van der Waals surface area contributed by atoms with Crippen molar-refractivity contribution in [1.82, 2.24) is 15.6 Å². The van der Waals surface area contributed by atoms with E-state index in [0.717, 1.165) is 36.4 Å². The van der Waals surface area contributed by atoms with Gasteiger partial charge < -0.3 is 15.7 Å². The molecule has 3 N–H and O–H groups in total. The monoisotopic (exact) mass is 331 g/mol. The molecule has 0 spiro atoms. The van der Waals surface area contributed by atoms with E-state index in [1.165, 1.54) is 25.7 Å². The number of aliphatic hydroxyl groups is 1. The van der Waals surface area contributed by atoms with Crippen LogP contribution in [0.2, 0.25) is 0 Å². The highest BCUT2D eigenvalue weighted by Crippen LogP contribution is 2.49. The van der Waals surface area contributed by atoms with Crippen LogP contribution in [0.4, 0.5) is 4.79 Å². The fourth-order valence-corrected chi connectivity index (χ4v) is 4.42. The van der Waals surface area contributed by atoms with E-state index in [0.29, 0.717) is 13.0 Å². The van der Waals surface area contributed by atoms with Crippen molar-refractivity contribution >= 4 is 6.03 Å². The van der Waals surface area contributed by atoms with Crippen molar-refractivity contribution in [3.63, 3.8) is 0 Å². The lowest BCUT2D eigenvalue weighted by atomic mass is 9.86. The number of aliphatic hydroxyl groups excluding tert-OH is 1. The number of carbonyl (C=O) groups is 1. The van der Waals surface area contributed by atoms with E-state index in [-0.39, 0.29) is 18.6 Å². The average Bonchev–Trinajstić information content (AvgIpc) is 3.22. The molecule has 5 nitrogen and oxygen atoms in total. The first-order valence-corrected chi connectivity index (χ1v) is 9.27. The van der Waals surface area contributed by atoms with Crippen LogP contribution in [-0.4, -0.2) is 35.8 Å². The Balaban J connectivity index is 1.31. The molecular weight excluding hydrogens is 302 g/mol. The van der Waals surface area contributed by atoms with E-state index in [4.69, 9.17) is 0 Å². The summed E-state index contributed by atoms with van der Waals surface area (Å²) in [7, 11) is 0. The molecule has 0 aromatic carbocycles. The van der Waals surface area contributed by atoms with Crippen molar-refractivity contribution in [1.29, 1.82) is 0 Å². The fourth-order valence-electron chi connectivity index (χ4n) is 4.42. The number of rotatable bonds is 8. The van der Waals surface area contributed by atoms with E-state index in [9.17, 15) is 9.90 Å². The number of hydrogen-bond donors (Lipinski definition) is 3. The summed E-state index contributed by atoms with van der Waals surface area (Å²) in [5.74, 6) is 2.69. The molecule has 0 aliphatic heterocycles. The first kappa shape index (κ1) is 17.2. The molecule has 2 aliphatic carbocycles. The Hall–Kier alpha value is -1.62. The van der Waals surface area contributed by atoms with Crippen LogP contribution < -0.4 is 10.6 Å². The van der Waals surface area contributed by atoms with Crippen molar-refractivity contribution in [2.45, 2.75) is 38.5 Å². The summed E-state index contributed by atoms with van der Waals surface area (Å²) in [6.45, 7) is 1.26. The zero-order valence-electron chi connectivity index (χ0n) is 14.3. The molecule has 132 valence electrons. The number of pyridine rings is 1. The molecule has 4 atom stereocenters. The van der Waals surface area contributed by atoms with Gasteiger partial charge in [0.05, 0.1) is 0 Å². The molecule has 2 bridgehead atoms. The maximum Gasteiger partial charge on any atom is 0.314 e. The minimum absolute atomic E-state index is 0.00350. The smallest absolute Gasteiger partial charge is 0.314 e. The van der Waals surface area contributed by atoms with Crippen molar-refractivity contribution < 1.29 is 9.90 Å². The van der Waals surface area contributed by atoms with Crippen LogP contribution in [-0.2, 0) is 6.42 Å². The van der Waals surface area contributed by atoms with Gasteiger partial charge in [-0.1, -0.05) is 12.5 Å². The van der Waals surface area contributed by atoms with Crippen LogP contribution in [0.5, 0.6) is 0 Å². The lowest BCUT2D eigenvalue weighted by Crippen LogP contribution is -2.40. The van der Waals surface area contributed by atoms with Crippen LogP contribution in [0.25, 0.3) is 0 Å².